The zero-order chi connectivity index (χ0) is 21.4. The number of aromatic nitrogens is 4. The molecule has 3 heterocycles. The summed E-state index contributed by atoms with van der Waals surface area (Å²) in [6.45, 7) is 1.41. The number of carbonyl (C=O) groups excluding carboxylic acids is 1. The quantitative estimate of drug-likeness (QED) is 0.548. The van der Waals surface area contributed by atoms with Gasteiger partial charge in [0.1, 0.15) is 12.4 Å². The van der Waals surface area contributed by atoms with Crippen molar-refractivity contribution in [3.05, 3.63) is 65.0 Å². The Balaban J connectivity index is 1.46. The number of nitrogens with one attached hydrogen (secondary N) is 1. The molecule has 0 radical (unpaired) electrons. The molecule has 1 amide bonds. The second-order valence-corrected chi connectivity index (χ2v) is 7.47. The van der Waals surface area contributed by atoms with Crippen LogP contribution in [0, 0.1) is 5.82 Å². The number of carbonyl (C=O) groups is 1. The van der Waals surface area contributed by atoms with E-state index in [0.717, 1.165) is 42.1 Å². The number of nitrogens with zero attached hydrogens (tertiary/aromatic N) is 5. The summed E-state index contributed by atoms with van der Waals surface area (Å²) >= 11 is 0. The molecule has 1 saturated heterocycles. The van der Waals surface area contributed by atoms with E-state index in [4.69, 9.17) is 4.98 Å². The molecule has 9 heteroatoms. The molecule has 1 fully saturated rings. The lowest BCUT2D eigenvalue weighted by Crippen LogP contribution is -2.29. The first-order chi connectivity index (χ1) is 15.1. The highest BCUT2D eigenvalue weighted by Gasteiger charge is 2.21. The van der Waals surface area contributed by atoms with Crippen LogP contribution in [0.25, 0.3) is 21.9 Å². The molecule has 2 aromatic heterocycles. The van der Waals surface area contributed by atoms with Crippen molar-refractivity contribution in [2.24, 2.45) is 0 Å². The van der Waals surface area contributed by atoms with Crippen LogP contribution in [-0.4, -0.2) is 38.5 Å². The summed E-state index contributed by atoms with van der Waals surface area (Å²) in [6, 6.07) is 11.3. The summed E-state index contributed by atoms with van der Waals surface area (Å²) in [5, 5.41) is 2.92. The molecule has 1 aliphatic heterocycles. The maximum atomic E-state index is 13.5. The largest absolute Gasteiger partial charge is 0.354 e. The van der Waals surface area contributed by atoms with Crippen molar-refractivity contribution in [3.63, 3.8) is 0 Å². The Labute approximate surface area is 176 Å². The van der Waals surface area contributed by atoms with E-state index >= 15 is 0 Å². The van der Waals surface area contributed by atoms with Gasteiger partial charge < -0.3 is 10.2 Å². The van der Waals surface area contributed by atoms with Crippen LogP contribution in [0.1, 0.15) is 12.8 Å². The first kappa shape index (κ1) is 19.1. The van der Waals surface area contributed by atoms with Crippen molar-refractivity contribution in [3.8, 4) is 0 Å². The van der Waals surface area contributed by atoms with Gasteiger partial charge in [-0.3, -0.25) is 14.2 Å². The van der Waals surface area contributed by atoms with Gasteiger partial charge in [0.05, 0.1) is 28.3 Å². The lowest BCUT2D eigenvalue weighted by molar-refractivity contribution is -0.116. The van der Waals surface area contributed by atoms with E-state index < -0.39 is 17.3 Å². The van der Waals surface area contributed by atoms with Gasteiger partial charge in [-0.05, 0) is 43.2 Å². The number of hydrogen-bond acceptors (Lipinski definition) is 6. The van der Waals surface area contributed by atoms with Crippen molar-refractivity contribution >= 4 is 39.5 Å². The van der Waals surface area contributed by atoms with Gasteiger partial charge in [-0.25, -0.2) is 19.3 Å². The average molecular weight is 418 g/mol. The van der Waals surface area contributed by atoms with Gasteiger partial charge >= 0.3 is 0 Å². The van der Waals surface area contributed by atoms with Crippen LogP contribution in [0.5, 0.6) is 0 Å². The fraction of sp³-hybridized carbons (Fsp3) is 0.227. The molecule has 4 aromatic rings. The van der Waals surface area contributed by atoms with Crippen LogP contribution in [0.4, 0.5) is 16.0 Å². The Bertz CT molecular complexity index is 1360. The first-order valence-electron chi connectivity index (χ1n) is 10.0. The highest BCUT2D eigenvalue weighted by atomic mass is 19.1. The lowest BCUT2D eigenvalue weighted by atomic mass is 10.2. The minimum atomic E-state index is -0.532. The number of fused-ring (bicyclic) bond motifs is 2. The van der Waals surface area contributed by atoms with E-state index in [9.17, 15) is 14.0 Å². The summed E-state index contributed by atoms with van der Waals surface area (Å²) < 4.78 is 14.7. The van der Waals surface area contributed by atoms with E-state index in [0.29, 0.717) is 22.7 Å². The van der Waals surface area contributed by atoms with Crippen LogP contribution in [-0.2, 0) is 11.3 Å². The smallest absolute Gasteiger partial charge is 0.261 e. The van der Waals surface area contributed by atoms with Gasteiger partial charge in [-0.15, -0.1) is 0 Å². The predicted molar refractivity (Wildman–Crippen MR) is 116 cm³/mol. The zero-order valence-corrected chi connectivity index (χ0v) is 16.6. The van der Waals surface area contributed by atoms with E-state index in [1.807, 2.05) is 24.3 Å². The van der Waals surface area contributed by atoms with Gasteiger partial charge in [0, 0.05) is 13.1 Å². The van der Waals surface area contributed by atoms with Crippen LogP contribution in [0.15, 0.2) is 53.6 Å². The molecule has 0 aliphatic carbocycles. The van der Waals surface area contributed by atoms with Gasteiger partial charge in [-0.1, -0.05) is 12.1 Å². The Morgan fingerprint density at radius 3 is 2.55 bits per heavy atom. The molecule has 2 aromatic carbocycles. The molecule has 0 bridgehead atoms. The predicted octanol–water partition coefficient (Wildman–Crippen LogP) is 2.72. The van der Waals surface area contributed by atoms with Crippen LogP contribution < -0.4 is 15.8 Å². The van der Waals surface area contributed by atoms with Crippen molar-refractivity contribution in [1.82, 2.24) is 19.5 Å². The zero-order valence-electron chi connectivity index (χ0n) is 16.6. The van der Waals surface area contributed by atoms with Gasteiger partial charge in [0.2, 0.25) is 5.91 Å². The minimum Gasteiger partial charge on any atom is -0.354 e. The molecular formula is C22H19FN6O2. The second kappa shape index (κ2) is 7.75. The SMILES string of the molecule is O=C(Cn1cnc2ccc(F)cc2c1=O)Nc1nc2ccccc2nc1N1CCCC1. The normalized spacial score (nSPS) is 13.8. The van der Waals surface area contributed by atoms with E-state index in [1.165, 1.54) is 18.5 Å². The van der Waals surface area contributed by atoms with Crippen molar-refractivity contribution in [1.29, 1.82) is 0 Å². The topological polar surface area (TPSA) is 93.0 Å². The number of halogens is 1. The fourth-order valence-corrected chi connectivity index (χ4v) is 3.79. The number of rotatable bonds is 4. The van der Waals surface area contributed by atoms with Gasteiger partial charge in [0.25, 0.3) is 5.56 Å². The standard InChI is InChI=1S/C22H19FN6O2/c23-14-7-8-16-15(11-14)22(31)29(13-24-16)12-19(30)27-20-21(28-9-3-4-10-28)26-18-6-2-1-5-17(18)25-20/h1-2,5-8,11,13H,3-4,9-10,12H2,(H,25,27,30). The van der Waals surface area contributed by atoms with E-state index in [1.54, 1.807) is 0 Å². The monoisotopic (exact) mass is 418 g/mol. The molecule has 0 saturated carbocycles. The maximum absolute atomic E-state index is 13.5. The molecule has 1 N–H and O–H groups in total. The van der Waals surface area contributed by atoms with Crippen molar-refractivity contribution in [2.45, 2.75) is 19.4 Å². The van der Waals surface area contributed by atoms with E-state index in [-0.39, 0.29) is 11.9 Å². The van der Waals surface area contributed by atoms with Crippen LogP contribution in [0.3, 0.4) is 0 Å². The minimum absolute atomic E-state index is 0.124. The Hall–Kier alpha value is -3.88. The summed E-state index contributed by atoms with van der Waals surface area (Å²) in [7, 11) is 0. The van der Waals surface area contributed by atoms with Crippen LogP contribution >= 0.6 is 0 Å². The summed E-state index contributed by atoms with van der Waals surface area (Å²) in [4.78, 5) is 41.0. The lowest BCUT2D eigenvalue weighted by Gasteiger charge is -2.20. The molecule has 0 atom stereocenters. The number of para-hydroxylation sites is 2. The Morgan fingerprint density at radius 1 is 1.03 bits per heavy atom. The number of benzene rings is 2. The molecule has 8 nitrogen and oxygen atoms in total. The highest BCUT2D eigenvalue weighted by Crippen LogP contribution is 2.27. The Kier molecular flexibility index (Phi) is 4.78. The number of hydrogen-bond donors (Lipinski definition) is 1. The van der Waals surface area contributed by atoms with Crippen LogP contribution in [0.2, 0.25) is 0 Å². The maximum Gasteiger partial charge on any atom is 0.261 e. The Morgan fingerprint density at radius 2 is 1.77 bits per heavy atom. The molecular weight excluding hydrogens is 399 g/mol. The summed E-state index contributed by atoms with van der Waals surface area (Å²) in [5.74, 6) is 0.00835. The molecule has 31 heavy (non-hydrogen) atoms. The average Bonchev–Trinajstić information content (AvgIpc) is 3.30. The molecule has 156 valence electrons. The van der Waals surface area contributed by atoms with Crippen molar-refractivity contribution in [2.75, 3.05) is 23.3 Å². The third kappa shape index (κ3) is 3.70. The molecule has 1 aliphatic rings. The summed E-state index contributed by atoms with van der Waals surface area (Å²) in [6.07, 6.45) is 3.39. The number of anilines is 2. The summed E-state index contributed by atoms with van der Waals surface area (Å²) in [5.41, 5.74) is 1.31. The fourth-order valence-electron chi connectivity index (χ4n) is 3.79. The molecule has 0 spiro atoms. The third-order valence-electron chi connectivity index (χ3n) is 5.32. The molecule has 0 unspecified atom stereocenters. The number of amides is 1. The first-order valence-corrected chi connectivity index (χ1v) is 10.0. The van der Waals surface area contributed by atoms with Crippen molar-refractivity contribution < 1.29 is 9.18 Å². The highest BCUT2D eigenvalue weighted by molar-refractivity contribution is 5.94. The third-order valence-corrected chi connectivity index (χ3v) is 5.32. The second-order valence-electron chi connectivity index (χ2n) is 7.47. The molecule has 5 rings (SSSR count). The van der Waals surface area contributed by atoms with E-state index in [2.05, 4.69) is 20.2 Å². The van der Waals surface area contributed by atoms with Gasteiger partial charge in [-0.2, -0.15) is 0 Å². The van der Waals surface area contributed by atoms with Gasteiger partial charge in [0.15, 0.2) is 11.6 Å².